The van der Waals surface area contributed by atoms with Gasteiger partial charge >= 0.3 is 0 Å². The van der Waals surface area contributed by atoms with Gasteiger partial charge in [-0.3, -0.25) is 0 Å². The number of hydrogen-bond acceptors (Lipinski definition) is 1. The molecule has 70 valence electrons. The molecule has 0 aliphatic rings. The predicted molar refractivity (Wildman–Crippen MR) is 57.5 cm³/mol. The van der Waals surface area contributed by atoms with Gasteiger partial charge in [0.15, 0.2) is 0 Å². The van der Waals surface area contributed by atoms with Gasteiger partial charge in [-0.25, -0.2) is 0 Å². The summed E-state index contributed by atoms with van der Waals surface area (Å²) in [5.74, 6) is 0. The van der Waals surface area contributed by atoms with Crippen molar-refractivity contribution in [3.8, 4) is 0 Å². The summed E-state index contributed by atoms with van der Waals surface area (Å²) in [5.41, 5.74) is 0. The predicted octanol–water partition coefficient (Wildman–Crippen LogP) is 3.14. The van der Waals surface area contributed by atoms with Crippen molar-refractivity contribution >= 4 is 15.9 Å². The minimum atomic E-state index is 1.17. The summed E-state index contributed by atoms with van der Waals surface area (Å²) in [5, 5.41) is 1.17. The standard InChI is InChI=1S/C6H13Br.C3H9N/c1-2-3-4-5-6-7;1-4(2)3/h2-6H2,1H3;1-3H3. The molecule has 0 heterocycles. The number of halogens is 1. The molecule has 0 amide bonds. The topological polar surface area (TPSA) is 3.24 Å². The summed E-state index contributed by atoms with van der Waals surface area (Å²) < 4.78 is 0. The summed E-state index contributed by atoms with van der Waals surface area (Å²) in [6.07, 6.45) is 5.47. The third-order valence-corrected chi connectivity index (χ3v) is 1.55. The lowest BCUT2D eigenvalue weighted by molar-refractivity contribution is 0.505. The van der Waals surface area contributed by atoms with Crippen molar-refractivity contribution in [1.82, 2.24) is 4.90 Å². The van der Waals surface area contributed by atoms with E-state index in [2.05, 4.69) is 22.9 Å². The molecular weight excluding hydrogens is 202 g/mol. The first-order valence-electron chi connectivity index (χ1n) is 4.32. The maximum atomic E-state index is 3.38. The van der Waals surface area contributed by atoms with E-state index in [9.17, 15) is 0 Å². The first kappa shape index (κ1) is 14.0. The van der Waals surface area contributed by atoms with Gasteiger partial charge < -0.3 is 4.90 Å². The van der Waals surface area contributed by atoms with Crippen LogP contribution in [-0.4, -0.2) is 31.4 Å². The van der Waals surface area contributed by atoms with Crippen molar-refractivity contribution in [3.63, 3.8) is 0 Å². The Morgan fingerprint density at radius 3 is 1.73 bits per heavy atom. The van der Waals surface area contributed by atoms with Crippen LogP contribution in [0.25, 0.3) is 0 Å². The molecule has 0 aliphatic carbocycles. The summed E-state index contributed by atoms with van der Waals surface area (Å²) in [6.45, 7) is 2.23. The number of nitrogens with zero attached hydrogens (tertiary/aromatic N) is 1. The van der Waals surface area contributed by atoms with E-state index in [4.69, 9.17) is 0 Å². The summed E-state index contributed by atoms with van der Waals surface area (Å²) >= 11 is 3.38. The van der Waals surface area contributed by atoms with Gasteiger partial charge in [0.2, 0.25) is 0 Å². The van der Waals surface area contributed by atoms with Gasteiger partial charge in [-0.15, -0.1) is 0 Å². The number of rotatable bonds is 4. The van der Waals surface area contributed by atoms with Gasteiger partial charge in [0.1, 0.15) is 0 Å². The Labute approximate surface area is 80.3 Å². The van der Waals surface area contributed by atoms with Crippen molar-refractivity contribution < 1.29 is 0 Å². The molecule has 0 atom stereocenters. The second-order valence-corrected chi connectivity index (χ2v) is 3.88. The first-order chi connectivity index (χ1) is 5.15. The zero-order chi connectivity index (χ0) is 9.11. The molecule has 11 heavy (non-hydrogen) atoms. The van der Waals surface area contributed by atoms with Crippen LogP contribution in [0.15, 0.2) is 0 Å². The Hall–Kier alpha value is 0.440. The highest BCUT2D eigenvalue weighted by molar-refractivity contribution is 9.09. The monoisotopic (exact) mass is 223 g/mol. The molecule has 0 N–H and O–H groups in total. The minimum absolute atomic E-state index is 1.17. The van der Waals surface area contributed by atoms with Crippen LogP contribution in [0.5, 0.6) is 0 Å². The minimum Gasteiger partial charge on any atom is -0.312 e. The number of alkyl halides is 1. The van der Waals surface area contributed by atoms with Crippen molar-refractivity contribution in [2.24, 2.45) is 0 Å². The highest BCUT2D eigenvalue weighted by Crippen LogP contribution is 1.99. The van der Waals surface area contributed by atoms with E-state index in [1.165, 1.54) is 31.0 Å². The molecule has 0 radical (unpaired) electrons. The molecule has 0 aromatic carbocycles. The number of hydrogen-bond donors (Lipinski definition) is 0. The quantitative estimate of drug-likeness (QED) is 0.523. The van der Waals surface area contributed by atoms with Crippen molar-refractivity contribution in [3.05, 3.63) is 0 Å². The van der Waals surface area contributed by atoms with Crippen molar-refractivity contribution in [2.45, 2.75) is 32.6 Å². The zero-order valence-corrected chi connectivity index (χ0v) is 9.95. The highest BCUT2D eigenvalue weighted by atomic mass is 79.9. The van der Waals surface area contributed by atoms with E-state index in [0.717, 1.165) is 0 Å². The molecule has 0 spiro atoms. The molecule has 2 heteroatoms. The van der Waals surface area contributed by atoms with Crippen LogP contribution in [0.4, 0.5) is 0 Å². The van der Waals surface area contributed by atoms with E-state index in [-0.39, 0.29) is 0 Å². The molecule has 0 rings (SSSR count). The van der Waals surface area contributed by atoms with Crippen LogP contribution in [-0.2, 0) is 0 Å². The third kappa shape index (κ3) is 37.7. The Bertz CT molecular complexity index is 48.8. The molecule has 0 saturated carbocycles. The van der Waals surface area contributed by atoms with Crippen molar-refractivity contribution in [1.29, 1.82) is 0 Å². The smallest absolute Gasteiger partial charge is 0.00313 e. The largest absolute Gasteiger partial charge is 0.312 e. The average Bonchev–Trinajstić information content (AvgIpc) is 1.88. The van der Waals surface area contributed by atoms with Gasteiger partial charge in [0.05, 0.1) is 0 Å². The van der Waals surface area contributed by atoms with Crippen molar-refractivity contribution in [2.75, 3.05) is 26.5 Å². The molecule has 0 bridgehead atoms. The lowest BCUT2D eigenvalue weighted by Gasteiger charge is -1.90. The van der Waals surface area contributed by atoms with E-state index >= 15 is 0 Å². The SMILES string of the molecule is CCCCCCBr.CN(C)C. The maximum Gasteiger partial charge on any atom is 0.00313 e. The second-order valence-electron chi connectivity index (χ2n) is 3.09. The van der Waals surface area contributed by atoms with E-state index in [1.807, 2.05) is 26.0 Å². The third-order valence-electron chi connectivity index (χ3n) is 0.987. The van der Waals surface area contributed by atoms with Crippen LogP contribution >= 0.6 is 15.9 Å². The van der Waals surface area contributed by atoms with E-state index in [1.54, 1.807) is 0 Å². The zero-order valence-electron chi connectivity index (χ0n) is 8.36. The molecule has 0 saturated heterocycles. The Morgan fingerprint density at radius 1 is 1.00 bits per heavy atom. The van der Waals surface area contributed by atoms with E-state index < -0.39 is 0 Å². The Balaban J connectivity index is 0. The Morgan fingerprint density at radius 2 is 1.45 bits per heavy atom. The van der Waals surface area contributed by atoms with Crippen LogP contribution in [0, 0.1) is 0 Å². The fourth-order valence-corrected chi connectivity index (χ4v) is 0.918. The van der Waals surface area contributed by atoms with Gasteiger partial charge in [-0.05, 0) is 27.6 Å². The van der Waals surface area contributed by atoms with Gasteiger partial charge in [-0.1, -0.05) is 42.1 Å². The van der Waals surface area contributed by atoms with Crippen LogP contribution in [0.2, 0.25) is 0 Å². The molecule has 0 aromatic heterocycles. The molecule has 1 nitrogen and oxygen atoms in total. The summed E-state index contributed by atoms with van der Waals surface area (Å²) in [7, 11) is 6.00. The molecule has 0 aliphatic heterocycles. The maximum absolute atomic E-state index is 3.38. The van der Waals surface area contributed by atoms with Crippen LogP contribution < -0.4 is 0 Å². The van der Waals surface area contributed by atoms with Gasteiger partial charge in [0, 0.05) is 5.33 Å². The molecule has 0 unspecified atom stereocenters. The molecule has 0 aromatic rings. The first-order valence-corrected chi connectivity index (χ1v) is 5.44. The van der Waals surface area contributed by atoms with E-state index in [0.29, 0.717) is 0 Å². The normalized spacial score (nSPS) is 9.27. The lowest BCUT2D eigenvalue weighted by atomic mass is 10.2. The summed E-state index contributed by atoms with van der Waals surface area (Å²) in [4.78, 5) is 2.00. The summed E-state index contributed by atoms with van der Waals surface area (Å²) in [6, 6.07) is 0. The Kier molecular flexibility index (Phi) is 16.6. The fourth-order valence-electron chi connectivity index (χ4n) is 0.521. The molecule has 0 fully saturated rings. The average molecular weight is 224 g/mol. The van der Waals surface area contributed by atoms with Gasteiger partial charge in [0.25, 0.3) is 0 Å². The van der Waals surface area contributed by atoms with Crippen LogP contribution in [0.3, 0.4) is 0 Å². The number of unbranched alkanes of at least 4 members (excludes halogenated alkanes) is 3. The van der Waals surface area contributed by atoms with Crippen LogP contribution in [0.1, 0.15) is 32.6 Å². The lowest BCUT2D eigenvalue weighted by Crippen LogP contribution is -1.99. The van der Waals surface area contributed by atoms with Gasteiger partial charge in [-0.2, -0.15) is 0 Å². The highest BCUT2D eigenvalue weighted by Gasteiger charge is 1.81. The second kappa shape index (κ2) is 13.1. The molecular formula is C9H22BrN. The fraction of sp³-hybridized carbons (Fsp3) is 1.00.